The van der Waals surface area contributed by atoms with Crippen LogP contribution in [-0.2, 0) is 0 Å². The van der Waals surface area contributed by atoms with Crippen LogP contribution in [0.15, 0.2) is 0 Å². The van der Waals surface area contributed by atoms with Gasteiger partial charge in [-0.1, -0.05) is 33.1 Å². The molecule has 2 fully saturated rings. The lowest BCUT2D eigenvalue weighted by Crippen LogP contribution is -2.46. The zero-order valence-electron chi connectivity index (χ0n) is 12.6. The highest BCUT2D eigenvalue weighted by molar-refractivity contribution is 4.89. The smallest absolute Gasteiger partial charge is 0.0217 e. The first kappa shape index (κ1) is 14.3. The van der Waals surface area contributed by atoms with E-state index in [0.717, 1.165) is 17.9 Å². The first-order valence-corrected chi connectivity index (χ1v) is 8.17. The molecule has 1 aliphatic heterocycles. The van der Waals surface area contributed by atoms with Crippen LogP contribution < -0.4 is 5.32 Å². The lowest BCUT2D eigenvalue weighted by Gasteiger charge is -2.34. The van der Waals surface area contributed by atoms with Crippen molar-refractivity contribution >= 4 is 0 Å². The van der Waals surface area contributed by atoms with Crippen molar-refractivity contribution < 1.29 is 0 Å². The minimum Gasteiger partial charge on any atom is -0.315 e. The molecule has 3 atom stereocenters. The molecular formula is C16H32N2. The van der Waals surface area contributed by atoms with Crippen LogP contribution in [-0.4, -0.2) is 37.1 Å². The highest BCUT2D eigenvalue weighted by Crippen LogP contribution is 2.35. The van der Waals surface area contributed by atoms with Crippen molar-refractivity contribution in [3.8, 4) is 0 Å². The van der Waals surface area contributed by atoms with Crippen molar-refractivity contribution in [2.24, 2.45) is 11.8 Å². The number of nitrogens with one attached hydrogen (secondary N) is 1. The largest absolute Gasteiger partial charge is 0.315 e. The van der Waals surface area contributed by atoms with E-state index in [-0.39, 0.29) is 0 Å². The van der Waals surface area contributed by atoms with Crippen LogP contribution in [0.5, 0.6) is 0 Å². The van der Waals surface area contributed by atoms with Crippen LogP contribution in [0.1, 0.15) is 58.8 Å². The van der Waals surface area contributed by atoms with Crippen LogP contribution in [0.4, 0.5) is 0 Å². The highest BCUT2D eigenvalue weighted by atomic mass is 15.2. The molecular weight excluding hydrogens is 220 g/mol. The molecule has 2 nitrogen and oxygen atoms in total. The average molecular weight is 252 g/mol. The second-order valence-corrected chi connectivity index (χ2v) is 6.53. The molecule has 2 rings (SSSR count). The summed E-state index contributed by atoms with van der Waals surface area (Å²) in [5.41, 5.74) is 0. The Morgan fingerprint density at radius 2 is 1.89 bits per heavy atom. The van der Waals surface area contributed by atoms with Gasteiger partial charge in [-0.3, -0.25) is 4.90 Å². The van der Waals surface area contributed by atoms with Crippen LogP contribution in [0, 0.1) is 11.8 Å². The predicted octanol–water partition coefficient (Wildman–Crippen LogP) is 3.28. The fourth-order valence-electron chi connectivity index (χ4n) is 4.05. The summed E-state index contributed by atoms with van der Waals surface area (Å²) in [5, 5.41) is 3.55. The van der Waals surface area contributed by atoms with E-state index in [9.17, 15) is 0 Å². The van der Waals surface area contributed by atoms with E-state index < -0.39 is 0 Å². The summed E-state index contributed by atoms with van der Waals surface area (Å²) >= 11 is 0. The summed E-state index contributed by atoms with van der Waals surface area (Å²) in [6.45, 7) is 7.32. The maximum Gasteiger partial charge on any atom is 0.0217 e. The van der Waals surface area contributed by atoms with Gasteiger partial charge in [0.2, 0.25) is 0 Å². The molecule has 2 heteroatoms. The molecule has 1 N–H and O–H groups in total. The molecule has 0 bridgehead atoms. The minimum atomic E-state index is 0.678. The quantitative estimate of drug-likeness (QED) is 0.780. The summed E-state index contributed by atoms with van der Waals surface area (Å²) in [5.74, 6) is 1.81. The van der Waals surface area contributed by atoms with Crippen LogP contribution in [0.2, 0.25) is 0 Å². The molecule has 3 unspecified atom stereocenters. The van der Waals surface area contributed by atoms with Crippen molar-refractivity contribution in [1.82, 2.24) is 10.2 Å². The number of hydrogen-bond acceptors (Lipinski definition) is 2. The fourth-order valence-corrected chi connectivity index (χ4v) is 4.05. The zero-order chi connectivity index (χ0) is 13.0. The molecule has 0 spiro atoms. The van der Waals surface area contributed by atoms with E-state index in [4.69, 9.17) is 0 Å². The van der Waals surface area contributed by atoms with Crippen LogP contribution >= 0.6 is 0 Å². The molecule has 106 valence electrons. The van der Waals surface area contributed by atoms with Crippen molar-refractivity contribution in [2.75, 3.05) is 20.1 Å². The van der Waals surface area contributed by atoms with Gasteiger partial charge in [-0.05, 0) is 51.1 Å². The number of nitrogens with zero attached hydrogens (tertiary/aromatic N) is 1. The number of likely N-dealkylation sites (N-methyl/N-ethyl adjacent to an activating group) is 1. The Morgan fingerprint density at radius 3 is 2.50 bits per heavy atom. The topological polar surface area (TPSA) is 15.3 Å². The molecule has 0 aromatic heterocycles. The summed E-state index contributed by atoms with van der Waals surface area (Å²) < 4.78 is 0. The molecule has 2 aliphatic rings. The Bertz CT molecular complexity index is 235. The molecule has 1 saturated heterocycles. The van der Waals surface area contributed by atoms with E-state index in [1.165, 1.54) is 58.0 Å². The van der Waals surface area contributed by atoms with Gasteiger partial charge in [0, 0.05) is 18.6 Å². The molecule has 18 heavy (non-hydrogen) atoms. The molecule has 0 aromatic rings. The van der Waals surface area contributed by atoms with Gasteiger partial charge in [-0.15, -0.1) is 0 Å². The predicted molar refractivity (Wildman–Crippen MR) is 78.9 cm³/mol. The van der Waals surface area contributed by atoms with Crippen molar-refractivity contribution in [3.63, 3.8) is 0 Å². The third-order valence-electron chi connectivity index (χ3n) is 5.49. The van der Waals surface area contributed by atoms with E-state index >= 15 is 0 Å². The van der Waals surface area contributed by atoms with E-state index in [0.29, 0.717) is 6.04 Å². The second kappa shape index (κ2) is 6.91. The third-order valence-corrected chi connectivity index (χ3v) is 5.49. The standard InChI is InChI=1S/C16H32N2/c1-4-13(2)15(17-3)12-18-11-7-10-16(18)14-8-5-6-9-14/h13-17H,4-12H2,1-3H3. The SMILES string of the molecule is CCC(C)C(CN1CCCC1C1CCCC1)NC. The Kier molecular flexibility index (Phi) is 5.50. The van der Waals surface area contributed by atoms with E-state index in [2.05, 4.69) is 31.1 Å². The van der Waals surface area contributed by atoms with Gasteiger partial charge in [-0.2, -0.15) is 0 Å². The van der Waals surface area contributed by atoms with Crippen LogP contribution in [0.25, 0.3) is 0 Å². The molecule has 1 heterocycles. The molecule has 0 aromatic carbocycles. The Labute approximate surface area is 114 Å². The second-order valence-electron chi connectivity index (χ2n) is 6.53. The number of rotatable bonds is 6. The zero-order valence-corrected chi connectivity index (χ0v) is 12.6. The van der Waals surface area contributed by atoms with Gasteiger partial charge < -0.3 is 5.32 Å². The highest BCUT2D eigenvalue weighted by Gasteiger charge is 2.34. The Morgan fingerprint density at radius 1 is 1.17 bits per heavy atom. The summed E-state index contributed by atoms with van der Waals surface area (Å²) in [4.78, 5) is 2.81. The summed E-state index contributed by atoms with van der Waals surface area (Å²) in [7, 11) is 2.14. The number of hydrogen-bond donors (Lipinski definition) is 1. The maximum absolute atomic E-state index is 3.55. The Balaban J connectivity index is 1.89. The number of likely N-dealkylation sites (tertiary alicyclic amines) is 1. The average Bonchev–Trinajstić information content (AvgIpc) is 3.05. The van der Waals surface area contributed by atoms with Crippen molar-refractivity contribution in [1.29, 1.82) is 0 Å². The van der Waals surface area contributed by atoms with Crippen molar-refractivity contribution in [2.45, 2.75) is 70.9 Å². The van der Waals surface area contributed by atoms with Crippen LogP contribution in [0.3, 0.4) is 0 Å². The normalized spacial score (nSPS) is 29.8. The van der Waals surface area contributed by atoms with Gasteiger partial charge in [-0.25, -0.2) is 0 Å². The summed E-state index contributed by atoms with van der Waals surface area (Å²) in [6.07, 6.45) is 10.1. The molecule has 0 amide bonds. The monoisotopic (exact) mass is 252 g/mol. The molecule has 0 radical (unpaired) electrons. The first-order chi connectivity index (χ1) is 8.76. The van der Waals surface area contributed by atoms with E-state index in [1.54, 1.807) is 0 Å². The fraction of sp³-hybridized carbons (Fsp3) is 1.00. The third kappa shape index (κ3) is 3.27. The van der Waals surface area contributed by atoms with Crippen molar-refractivity contribution in [3.05, 3.63) is 0 Å². The lowest BCUT2D eigenvalue weighted by molar-refractivity contribution is 0.159. The van der Waals surface area contributed by atoms with Gasteiger partial charge in [0.15, 0.2) is 0 Å². The maximum atomic E-state index is 3.55. The minimum absolute atomic E-state index is 0.678. The first-order valence-electron chi connectivity index (χ1n) is 8.17. The van der Waals surface area contributed by atoms with E-state index in [1.807, 2.05) is 0 Å². The molecule has 1 saturated carbocycles. The van der Waals surface area contributed by atoms with Gasteiger partial charge in [0.05, 0.1) is 0 Å². The lowest BCUT2D eigenvalue weighted by atomic mass is 9.94. The van der Waals surface area contributed by atoms with Gasteiger partial charge >= 0.3 is 0 Å². The Hall–Kier alpha value is -0.0800. The van der Waals surface area contributed by atoms with Gasteiger partial charge in [0.25, 0.3) is 0 Å². The molecule has 1 aliphatic carbocycles. The summed E-state index contributed by atoms with van der Waals surface area (Å²) in [6, 6.07) is 1.59. The van der Waals surface area contributed by atoms with Gasteiger partial charge in [0.1, 0.15) is 0 Å².